The van der Waals surface area contributed by atoms with Gasteiger partial charge in [-0.15, -0.1) is 0 Å². The van der Waals surface area contributed by atoms with E-state index in [-0.39, 0.29) is 5.76 Å². The zero-order valence-electron chi connectivity index (χ0n) is 14.6. The van der Waals surface area contributed by atoms with Crippen LogP contribution in [0.5, 0.6) is 0 Å². The Bertz CT molecular complexity index is 1020. The number of fused-ring (bicyclic) bond motifs is 3. The topological polar surface area (TPSA) is 97.6 Å². The Balaban J connectivity index is 1.89. The Morgan fingerprint density at radius 1 is 1.08 bits per heavy atom. The zero-order valence-corrected chi connectivity index (χ0v) is 14.6. The smallest absolute Gasteiger partial charge is 0.375 e. The van der Waals surface area contributed by atoms with Crippen LogP contribution in [-0.2, 0) is 9.53 Å². The fourth-order valence-electron chi connectivity index (χ4n) is 2.69. The highest BCUT2D eigenvalue weighted by atomic mass is 16.6. The minimum Gasteiger partial charge on any atom is -0.448 e. The number of urea groups is 1. The molecule has 0 aliphatic heterocycles. The van der Waals surface area contributed by atoms with Gasteiger partial charge in [0.25, 0.3) is 5.91 Å². The number of ether oxygens (including phenoxy) is 1. The molecular formula is C19H18N2O5. The summed E-state index contributed by atoms with van der Waals surface area (Å²) in [6.07, 6.45) is -1.15. The van der Waals surface area contributed by atoms with Crippen LogP contribution in [0.4, 0.5) is 4.79 Å². The van der Waals surface area contributed by atoms with Crippen LogP contribution < -0.4 is 10.6 Å². The molecule has 0 saturated carbocycles. The largest absolute Gasteiger partial charge is 0.448 e. The summed E-state index contributed by atoms with van der Waals surface area (Å²) < 4.78 is 10.9. The molecular weight excluding hydrogens is 336 g/mol. The molecule has 134 valence electrons. The molecule has 0 saturated heterocycles. The predicted molar refractivity (Wildman–Crippen MR) is 95.9 cm³/mol. The quantitative estimate of drug-likeness (QED) is 0.705. The number of amides is 3. The van der Waals surface area contributed by atoms with Crippen molar-refractivity contribution in [1.82, 2.24) is 10.6 Å². The van der Waals surface area contributed by atoms with Gasteiger partial charge >= 0.3 is 12.0 Å². The average molecular weight is 354 g/mol. The first-order chi connectivity index (χ1) is 12.4. The van der Waals surface area contributed by atoms with Crippen LogP contribution >= 0.6 is 0 Å². The van der Waals surface area contributed by atoms with Crippen molar-refractivity contribution in [3.05, 3.63) is 47.7 Å². The van der Waals surface area contributed by atoms with Crippen molar-refractivity contribution in [3.63, 3.8) is 0 Å². The molecule has 0 aliphatic carbocycles. The first-order valence-corrected chi connectivity index (χ1v) is 8.06. The second-order valence-electron chi connectivity index (χ2n) is 5.84. The Hall–Kier alpha value is -3.35. The number of hydrogen-bond acceptors (Lipinski definition) is 5. The SMILES string of the molecule is CNC(=O)NC(=O)[C@H](C)OC(=O)c1oc2c(ccc3ccccc32)c1C. The molecule has 0 radical (unpaired) electrons. The number of carbonyl (C=O) groups excluding carboxylic acids is 3. The van der Waals surface area contributed by atoms with Gasteiger partial charge in [0.15, 0.2) is 6.10 Å². The monoisotopic (exact) mass is 354 g/mol. The van der Waals surface area contributed by atoms with E-state index in [0.29, 0.717) is 11.1 Å². The molecule has 2 aromatic carbocycles. The van der Waals surface area contributed by atoms with E-state index in [9.17, 15) is 14.4 Å². The van der Waals surface area contributed by atoms with Gasteiger partial charge in [0.05, 0.1) is 0 Å². The summed E-state index contributed by atoms with van der Waals surface area (Å²) in [6, 6.07) is 10.8. The molecule has 3 aromatic rings. The minimum absolute atomic E-state index is 0.0379. The maximum atomic E-state index is 12.4. The highest BCUT2D eigenvalue weighted by Gasteiger charge is 2.25. The van der Waals surface area contributed by atoms with E-state index in [4.69, 9.17) is 9.15 Å². The van der Waals surface area contributed by atoms with Crippen LogP contribution in [0.1, 0.15) is 23.0 Å². The van der Waals surface area contributed by atoms with Crippen molar-refractivity contribution in [2.24, 2.45) is 0 Å². The lowest BCUT2D eigenvalue weighted by Crippen LogP contribution is -2.43. The van der Waals surface area contributed by atoms with Crippen LogP contribution in [0.15, 0.2) is 40.8 Å². The zero-order chi connectivity index (χ0) is 18.8. The number of imide groups is 1. The predicted octanol–water partition coefficient (Wildman–Crippen LogP) is 2.90. The van der Waals surface area contributed by atoms with Gasteiger partial charge < -0.3 is 14.5 Å². The third-order valence-electron chi connectivity index (χ3n) is 4.13. The Kier molecular flexibility index (Phi) is 4.62. The summed E-state index contributed by atoms with van der Waals surface area (Å²) in [5.41, 5.74) is 1.23. The van der Waals surface area contributed by atoms with Gasteiger partial charge in [-0.3, -0.25) is 10.1 Å². The molecule has 1 heterocycles. The molecule has 0 spiro atoms. The van der Waals surface area contributed by atoms with Gasteiger partial charge in [-0.2, -0.15) is 0 Å². The molecule has 3 amide bonds. The van der Waals surface area contributed by atoms with E-state index in [0.717, 1.165) is 16.2 Å². The first kappa shape index (κ1) is 17.5. The minimum atomic E-state index is -1.15. The Morgan fingerprint density at radius 2 is 1.81 bits per heavy atom. The van der Waals surface area contributed by atoms with E-state index in [1.165, 1.54) is 14.0 Å². The second kappa shape index (κ2) is 6.87. The fourth-order valence-corrected chi connectivity index (χ4v) is 2.69. The summed E-state index contributed by atoms with van der Waals surface area (Å²) in [6.45, 7) is 3.13. The molecule has 0 fully saturated rings. The van der Waals surface area contributed by atoms with Crippen molar-refractivity contribution in [3.8, 4) is 0 Å². The van der Waals surface area contributed by atoms with Crippen LogP contribution in [0.3, 0.4) is 0 Å². The Labute approximate surface area is 149 Å². The summed E-state index contributed by atoms with van der Waals surface area (Å²) >= 11 is 0. The van der Waals surface area contributed by atoms with E-state index in [1.807, 2.05) is 36.4 Å². The number of rotatable bonds is 3. The van der Waals surface area contributed by atoms with Crippen LogP contribution in [0.25, 0.3) is 21.7 Å². The summed E-state index contributed by atoms with van der Waals surface area (Å²) in [5, 5.41) is 6.99. The molecule has 7 nitrogen and oxygen atoms in total. The number of benzene rings is 2. The number of esters is 1. The summed E-state index contributed by atoms with van der Waals surface area (Å²) in [4.78, 5) is 35.5. The molecule has 3 rings (SSSR count). The highest BCUT2D eigenvalue weighted by Crippen LogP contribution is 2.32. The number of hydrogen-bond donors (Lipinski definition) is 2. The van der Waals surface area contributed by atoms with Crippen LogP contribution in [0.2, 0.25) is 0 Å². The van der Waals surface area contributed by atoms with Crippen molar-refractivity contribution in [1.29, 1.82) is 0 Å². The van der Waals surface area contributed by atoms with Crippen molar-refractivity contribution in [2.45, 2.75) is 20.0 Å². The van der Waals surface area contributed by atoms with Gasteiger partial charge in [0, 0.05) is 23.4 Å². The lowest BCUT2D eigenvalue weighted by Gasteiger charge is -2.11. The molecule has 1 aromatic heterocycles. The van der Waals surface area contributed by atoms with Crippen molar-refractivity contribution in [2.75, 3.05) is 7.05 Å². The third-order valence-corrected chi connectivity index (χ3v) is 4.13. The average Bonchev–Trinajstić information content (AvgIpc) is 2.98. The second-order valence-corrected chi connectivity index (χ2v) is 5.84. The number of nitrogens with one attached hydrogen (secondary N) is 2. The standard InChI is InChI=1S/C19H18N2O5/c1-10-13-9-8-12-6-4-5-7-14(12)16(13)26-15(10)18(23)25-11(2)17(22)21-19(24)20-3/h4-9,11H,1-3H3,(H2,20,21,22,24)/t11-/m0/s1. The number of aryl methyl sites for hydroxylation is 1. The van der Waals surface area contributed by atoms with Gasteiger partial charge in [-0.05, 0) is 19.2 Å². The van der Waals surface area contributed by atoms with E-state index in [2.05, 4.69) is 10.6 Å². The van der Waals surface area contributed by atoms with Gasteiger partial charge in [0.1, 0.15) is 5.58 Å². The van der Waals surface area contributed by atoms with Crippen LogP contribution in [-0.4, -0.2) is 31.1 Å². The molecule has 0 unspecified atom stereocenters. The molecule has 2 N–H and O–H groups in total. The maximum absolute atomic E-state index is 12.4. The summed E-state index contributed by atoms with van der Waals surface area (Å²) in [5.74, 6) is -1.45. The van der Waals surface area contributed by atoms with Crippen LogP contribution in [0, 0.1) is 6.92 Å². The number of carbonyl (C=O) groups is 3. The highest BCUT2D eigenvalue weighted by molar-refractivity contribution is 6.08. The first-order valence-electron chi connectivity index (χ1n) is 8.06. The van der Waals surface area contributed by atoms with Crippen molar-refractivity contribution < 1.29 is 23.5 Å². The molecule has 0 bridgehead atoms. The molecule has 7 heteroatoms. The van der Waals surface area contributed by atoms with Crippen molar-refractivity contribution >= 4 is 39.6 Å². The fraction of sp³-hybridized carbons (Fsp3) is 0.211. The molecule has 1 atom stereocenters. The van der Waals surface area contributed by atoms with Gasteiger partial charge in [0.2, 0.25) is 5.76 Å². The summed E-state index contributed by atoms with van der Waals surface area (Å²) in [7, 11) is 1.38. The normalized spacial score (nSPS) is 12.0. The van der Waals surface area contributed by atoms with E-state index < -0.39 is 24.0 Å². The number of furan rings is 1. The van der Waals surface area contributed by atoms with E-state index >= 15 is 0 Å². The van der Waals surface area contributed by atoms with Gasteiger partial charge in [-0.25, -0.2) is 9.59 Å². The molecule has 0 aliphatic rings. The third kappa shape index (κ3) is 3.11. The Morgan fingerprint density at radius 3 is 2.54 bits per heavy atom. The lowest BCUT2D eigenvalue weighted by atomic mass is 10.1. The molecule has 26 heavy (non-hydrogen) atoms. The maximum Gasteiger partial charge on any atom is 0.375 e. The van der Waals surface area contributed by atoms with Gasteiger partial charge in [-0.1, -0.05) is 36.4 Å². The van der Waals surface area contributed by atoms with E-state index in [1.54, 1.807) is 6.92 Å². The lowest BCUT2D eigenvalue weighted by molar-refractivity contribution is -0.128.